The monoisotopic (exact) mass is 469 g/mol. The number of nitrogens with zero attached hydrogens (tertiary/aromatic N) is 2. The summed E-state index contributed by atoms with van der Waals surface area (Å²) in [5.74, 6) is 0.882. The van der Waals surface area contributed by atoms with Crippen LogP contribution in [-0.4, -0.2) is 23.8 Å². The molecule has 0 radical (unpaired) electrons. The number of fused-ring (bicyclic) bond motifs is 2. The quantitative estimate of drug-likeness (QED) is 0.253. The molecule has 1 aromatic heterocycles. The van der Waals surface area contributed by atoms with Crippen molar-refractivity contribution in [3.8, 4) is 0 Å². The number of imidazole rings is 1. The van der Waals surface area contributed by atoms with Gasteiger partial charge in [0.15, 0.2) is 0 Å². The smallest absolute Gasteiger partial charge is 0.262 e. The normalized spacial score (nSPS) is 11.7. The first-order chi connectivity index (χ1) is 16.3. The molecular formula is C26H23N5O2S. The third-order valence-electron chi connectivity index (χ3n) is 5.89. The minimum absolute atomic E-state index is 0.0350. The molecule has 0 unspecified atom stereocenters. The zero-order chi connectivity index (χ0) is 23.9. The Bertz CT molecular complexity index is 1650. The van der Waals surface area contributed by atoms with Crippen molar-refractivity contribution in [1.29, 1.82) is 5.41 Å². The summed E-state index contributed by atoms with van der Waals surface area (Å²) in [5.41, 5.74) is 9.32. The molecule has 4 N–H and O–H groups in total. The fourth-order valence-corrected chi connectivity index (χ4v) is 5.38. The van der Waals surface area contributed by atoms with Crippen molar-refractivity contribution in [2.24, 2.45) is 12.8 Å². The van der Waals surface area contributed by atoms with Crippen LogP contribution < -0.4 is 10.5 Å². The van der Waals surface area contributed by atoms with Gasteiger partial charge in [0.2, 0.25) is 0 Å². The summed E-state index contributed by atoms with van der Waals surface area (Å²) in [6.45, 7) is 0. The minimum Gasteiger partial charge on any atom is -0.384 e. The maximum absolute atomic E-state index is 13.2. The molecule has 0 aliphatic rings. The lowest BCUT2D eigenvalue weighted by molar-refractivity contribution is 0.602. The topological polar surface area (TPSA) is 114 Å². The maximum Gasteiger partial charge on any atom is 0.262 e. The van der Waals surface area contributed by atoms with Crippen LogP contribution in [0.15, 0.2) is 89.8 Å². The Balaban J connectivity index is 1.44. The minimum atomic E-state index is -3.78. The summed E-state index contributed by atoms with van der Waals surface area (Å²) < 4.78 is 31.1. The van der Waals surface area contributed by atoms with E-state index in [0.717, 1.165) is 22.3 Å². The first kappa shape index (κ1) is 21.7. The molecule has 5 aromatic rings. The van der Waals surface area contributed by atoms with E-state index in [0.29, 0.717) is 28.6 Å². The number of amidine groups is 1. The molecule has 4 aromatic carbocycles. The molecule has 0 aliphatic heterocycles. The van der Waals surface area contributed by atoms with Crippen LogP contribution >= 0.6 is 0 Å². The fourth-order valence-electron chi connectivity index (χ4n) is 4.10. The van der Waals surface area contributed by atoms with Crippen molar-refractivity contribution in [2.75, 3.05) is 4.72 Å². The number of benzene rings is 4. The molecule has 0 fully saturated rings. The number of aromatic nitrogens is 2. The van der Waals surface area contributed by atoms with E-state index in [9.17, 15) is 8.42 Å². The van der Waals surface area contributed by atoms with E-state index in [1.54, 1.807) is 30.3 Å². The van der Waals surface area contributed by atoms with Crippen molar-refractivity contribution in [3.63, 3.8) is 0 Å². The summed E-state index contributed by atoms with van der Waals surface area (Å²) >= 11 is 0. The number of nitrogens with two attached hydrogens (primary N) is 1. The van der Waals surface area contributed by atoms with Gasteiger partial charge < -0.3 is 10.3 Å². The predicted octanol–water partition coefficient (Wildman–Crippen LogP) is 4.40. The van der Waals surface area contributed by atoms with E-state index in [1.165, 1.54) is 0 Å². The third-order valence-corrected chi connectivity index (χ3v) is 7.33. The molecule has 0 aliphatic carbocycles. The third kappa shape index (κ3) is 3.99. The van der Waals surface area contributed by atoms with Crippen LogP contribution in [0.3, 0.4) is 0 Å². The van der Waals surface area contributed by atoms with Crippen molar-refractivity contribution >= 4 is 43.4 Å². The van der Waals surface area contributed by atoms with E-state index >= 15 is 0 Å². The van der Waals surface area contributed by atoms with Crippen molar-refractivity contribution in [3.05, 3.63) is 102 Å². The Morgan fingerprint density at radius 1 is 1.00 bits per heavy atom. The molecule has 7 nitrogen and oxygen atoms in total. The molecule has 0 saturated heterocycles. The highest BCUT2D eigenvalue weighted by Crippen LogP contribution is 2.27. The van der Waals surface area contributed by atoms with Crippen LogP contribution in [0.2, 0.25) is 0 Å². The second kappa shape index (κ2) is 8.31. The van der Waals surface area contributed by atoms with E-state index < -0.39 is 10.0 Å². The van der Waals surface area contributed by atoms with Gasteiger partial charge in [0.1, 0.15) is 11.7 Å². The molecular weight excluding hydrogens is 446 g/mol. The number of hydrogen-bond donors (Lipinski definition) is 3. The van der Waals surface area contributed by atoms with Crippen LogP contribution in [0, 0.1) is 5.41 Å². The van der Waals surface area contributed by atoms with Gasteiger partial charge in [0.25, 0.3) is 10.0 Å². The van der Waals surface area contributed by atoms with Crippen LogP contribution in [0.25, 0.3) is 21.8 Å². The molecule has 0 atom stereocenters. The van der Waals surface area contributed by atoms with E-state index in [2.05, 4.69) is 4.72 Å². The van der Waals surface area contributed by atoms with Gasteiger partial charge in [-0.15, -0.1) is 0 Å². The number of sulfonamides is 1. The number of nitrogen functional groups attached to an aromatic ring is 1. The number of nitrogens with one attached hydrogen (secondary N) is 2. The van der Waals surface area contributed by atoms with Crippen LogP contribution in [-0.2, 0) is 23.5 Å². The zero-order valence-electron chi connectivity index (χ0n) is 18.5. The van der Waals surface area contributed by atoms with Gasteiger partial charge in [-0.05, 0) is 35.2 Å². The lowest BCUT2D eigenvalue weighted by Crippen LogP contribution is -2.13. The van der Waals surface area contributed by atoms with E-state index in [4.69, 9.17) is 16.1 Å². The first-order valence-electron chi connectivity index (χ1n) is 10.7. The Labute approximate surface area is 197 Å². The van der Waals surface area contributed by atoms with Gasteiger partial charge in [-0.1, -0.05) is 60.7 Å². The highest BCUT2D eigenvalue weighted by atomic mass is 32.2. The van der Waals surface area contributed by atoms with Gasteiger partial charge in [-0.25, -0.2) is 13.4 Å². The highest BCUT2D eigenvalue weighted by molar-refractivity contribution is 7.93. The Hall–Kier alpha value is -4.17. The zero-order valence-corrected chi connectivity index (χ0v) is 19.3. The van der Waals surface area contributed by atoms with Gasteiger partial charge in [-0.2, -0.15) is 0 Å². The molecule has 170 valence electrons. The number of rotatable bonds is 6. The Morgan fingerprint density at radius 3 is 2.50 bits per heavy atom. The van der Waals surface area contributed by atoms with Gasteiger partial charge >= 0.3 is 0 Å². The highest BCUT2D eigenvalue weighted by Gasteiger charge is 2.18. The number of anilines is 1. The second-order valence-corrected chi connectivity index (χ2v) is 9.81. The largest absolute Gasteiger partial charge is 0.384 e. The summed E-state index contributed by atoms with van der Waals surface area (Å²) in [4.78, 5) is 4.98. The lowest BCUT2D eigenvalue weighted by Gasteiger charge is -2.10. The fraction of sp³-hybridized carbons (Fsp3) is 0.0769. The standard InChI is InChI=1S/C26H23N5O2S/c1-31-23-14-13-20(30-34(32,33)24-8-4-6-18-5-2-3-7-21(18)24)16-22(23)29-25(31)15-17-9-11-19(12-10-17)26(27)28/h2-14,16,30H,15H2,1H3,(H3,27,28). The average Bonchev–Trinajstić information content (AvgIpc) is 3.13. The first-order valence-corrected chi connectivity index (χ1v) is 12.2. The van der Waals surface area contributed by atoms with Crippen LogP contribution in [0.5, 0.6) is 0 Å². The predicted molar refractivity (Wildman–Crippen MR) is 136 cm³/mol. The van der Waals surface area contributed by atoms with E-state index in [-0.39, 0.29) is 10.7 Å². The molecule has 1 heterocycles. The SMILES string of the molecule is Cn1c(Cc2ccc(C(=N)N)cc2)nc2cc(NS(=O)(=O)c3cccc4ccccc34)ccc21. The Kier molecular flexibility index (Phi) is 5.30. The maximum atomic E-state index is 13.2. The van der Waals surface area contributed by atoms with Crippen molar-refractivity contribution in [2.45, 2.75) is 11.3 Å². The lowest BCUT2D eigenvalue weighted by atomic mass is 10.1. The summed E-state index contributed by atoms with van der Waals surface area (Å²) in [6, 6.07) is 25.5. The molecule has 0 spiro atoms. The van der Waals surface area contributed by atoms with E-state index in [1.807, 2.05) is 66.2 Å². The van der Waals surface area contributed by atoms with Gasteiger partial charge in [0, 0.05) is 24.4 Å². The number of hydrogen-bond acceptors (Lipinski definition) is 4. The molecule has 0 bridgehead atoms. The summed E-state index contributed by atoms with van der Waals surface area (Å²) in [6.07, 6.45) is 0.598. The number of aryl methyl sites for hydroxylation is 1. The van der Waals surface area contributed by atoms with Crippen molar-refractivity contribution in [1.82, 2.24) is 9.55 Å². The molecule has 34 heavy (non-hydrogen) atoms. The summed E-state index contributed by atoms with van der Waals surface area (Å²) in [5, 5.41) is 9.07. The second-order valence-electron chi connectivity index (χ2n) is 8.16. The molecule has 0 amide bonds. The summed E-state index contributed by atoms with van der Waals surface area (Å²) in [7, 11) is -1.84. The van der Waals surface area contributed by atoms with Crippen molar-refractivity contribution < 1.29 is 8.42 Å². The van der Waals surface area contributed by atoms with Crippen LogP contribution in [0.4, 0.5) is 5.69 Å². The Morgan fingerprint density at radius 2 is 1.74 bits per heavy atom. The molecule has 0 saturated carbocycles. The molecule has 5 rings (SSSR count). The van der Waals surface area contributed by atoms with Gasteiger partial charge in [-0.3, -0.25) is 10.1 Å². The average molecular weight is 470 g/mol. The van der Waals surface area contributed by atoms with Crippen LogP contribution in [0.1, 0.15) is 17.0 Å². The van der Waals surface area contributed by atoms with Gasteiger partial charge in [0.05, 0.1) is 21.6 Å². The molecule has 8 heteroatoms.